The number of fused-ring (bicyclic) bond motifs is 1. The van der Waals surface area contributed by atoms with Crippen LogP contribution in [0, 0.1) is 6.92 Å². The minimum atomic E-state index is -0.299. The number of urea groups is 1. The molecule has 0 fully saturated rings. The van der Waals surface area contributed by atoms with Gasteiger partial charge in [0.05, 0.1) is 18.8 Å². The van der Waals surface area contributed by atoms with E-state index in [2.05, 4.69) is 30.9 Å². The highest BCUT2D eigenvalue weighted by atomic mass is 16.2. The topological polar surface area (TPSA) is 102 Å². The van der Waals surface area contributed by atoms with E-state index in [0.717, 1.165) is 11.5 Å². The predicted octanol–water partition coefficient (Wildman–Crippen LogP) is 0.166. The fourth-order valence-electron chi connectivity index (χ4n) is 1.98. The lowest BCUT2D eigenvalue weighted by atomic mass is 10.4. The van der Waals surface area contributed by atoms with Crippen molar-refractivity contribution < 1.29 is 4.79 Å². The molecule has 3 heterocycles. The Bertz CT molecular complexity index is 805. The Balaban J connectivity index is 1.58. The van der Waals surface area contributed by atoms with Crippen molar-refractivity contribution in [1.82, 2.24) is 40.0 Å². The van der Waals surface area contributed by atoms with E-state index < -0.39 is 0 Å². The lowest BCUT2D eigenvalue weighted by Crippen LogP contribution is -2.35. The molecule has 0 atom stereocenters. The summed E-state index contributed by atoms with van der Waals surface area (Å²) in [6.07, 6.45) is 3.51. The molecule has 0 saturated heterocycles. The van der Waals surface area contributed by atoms with E-state index in [1.807, 2.05) is 36.9 Å². The molecule has 0 radical (unpaired) electrons. The van der Waals surface area contributed by atoms with Crippen molar-refractivity contribution in [3.63, 3.8) is 0 Å². The Hall–Kier alpha value is -2.97. The number of aromatic nitrogens is 6. The molecular weight excluding hydrogens is 284 g/mol. The maximum absolute atomic E-state index is 11.8. The van der Waals surface area contributed by atoms with Crippen LogP contribution in [0.25, 0.3) is 5.65 Å². The fraction of sp³-hybridized carbons (Fsp3) is 0.308. The van der Waals surface area contributed by atoms with Crippen LogP contribution in [-0.4, -0.2) is 35.4 Å². The van der Waals surface area contributed by atoms with Crippen molar-refractivity contribution in [3.8, 4) is 0 Å². The van der Waals surface area contributed by atoms with Gasteiger partial charge < -0.3 is 15.2 Å². The average molecular weight is 300 g/mol. The number of aryl methyl sites for hydroxylation is 2. The SMILES string of the molecule is Cc1ccc2nnc(CNC(=O)NCc3nccn3C)n2n1. The molecule has 9 heteroatoms. The van der Waals surface area contributed by atoms with Crippen molar-refractivity contribution in [3.05, 3.63) is 41.9 Å². The Morgan fingerprint density at radius 3 is 2.68 bits per heavy atom. The van der Waals surface area contributed by atoms with E-state index in [4.69, 9.17) is 0 Å². The highest BCUT2D eigenvalue weighted by Gasteiger charge is 2.09. The van der Waals surface area contributed by atoms with Crippen LogP contribution in [-0.2, 0) is 20.1 Å². The minimum absolute atomic E-state index is 0.240. The van der Waals surface area contributed by atoms with Crippen LogP contribution >= 0.6 is 0 Å². The number of nitrogens with one attached hydrogen (secondary N) is 2. The van der Waals surface area contributed by atoms with Gasteiger partial charge in [0, 0.05) is 19.4 Å². The van der Waals surface area contributed by atoms with Crippen LogP contribution in [0.4, 0.5) is 4.79 Å². The van der Waals surface area contributed by atoms with Crippen LogP contribution in [0.2, 0.25) is 0 Å². The average Bonchev–Trinajstić information content (AvgIpc) is 3.09. The molecule has 22 heavy (non-hydrogen) atoms. The standard InChI is InChI=1S/C13H16N8O/c1-9-3-4-10-17-18-12(21(10)19-9)8-16-13(22)15-7-11-14-5-6-20(11)2/h3-6H,7-8H2,1-2H3,(H2,15,16,22). The highest BCUT2D eigenvalue weighted by molar-refractivity contribution is 5.73. The van der Waals surface area contributed by atoms with Gasteiger partial charge in [-0.2, -0.15) is 9.61 Å². The quantitative estimate of drug-likeness (QED) is 0.715. The lowest BCUT2D eigenvalue weighted by Gasteiger charge is -2.06. The summed E-state index contributed by atoms with van der Waals surface area (Å²) in [5.74, 6) is 1.35. The summed E-state index contributed by atoms with van der Waals surface area (Å²) in [6.45, 7) is 2.48. The largest absolute Gasteiger partial charge is 0.337 e. The molecule has 2 amide bonds. The molecule has 0 unspecified atom stereocenters. The molecular formula is C13H16N8O. The molecule has 2 N–H and O–H groups in total. The van der Waals surface area contributed by atoms with Gasteiger partial charge in [0.1, 0.15) is 5.82 Å². The second-order valence-electron chi connectivity index (χ2n) is 4.85. The van der Waals surface area contributed by atoms with Crippen LogP contribution < -0.4 is 10.6 Å². The first-order valence-corrected chi connectivity index (χ1v) is 6.79. The monoisotopic (exact) mass is 300 g/mol. The molecule has 0 aliphatic rings. The maximum atomic E-state index is 11.8. The first-order valence-electron chi connectivity index (χ1n) is 6.79. The van der Waals surface area contributed by atoms with Gasteiger partial charge in [0.15, 0.2) is 11.5 Å². The fourth-order valence-corrected chi connectivity index (χ4v) is 1.98. The first kappa shape index (κ1) is 14.0. The first-order chi connectivity index (χ1) is 10.6. The number of carbonyl (C=O) groups is 1. The molecule has 0 spiro atoms. The smallest absolute Gasteiger partial charge is 0.315 e. The second kappa shape index (κ2) is 5.80. The van der Waals surface area contributed by atoms with Crippen LogP contribution in [0.3, 0.4) is 0 Å². The van der Waals surface area contributed by atoms with Gasteiger partial charge in [-0.3, -0.25) is 0 Å². The molecule has 3 aromatic rings. The number of nitrogens with zero attached hydrogens (tertiary/aromatic N) is 6. The Morgan fingerprint density at radius 2 is 1.95 bits per heavy atom. The third-order valence-corrected chi connectivity index (χ3v) is 3.20. The van der Waals surface area contributed by atoms with E-state index in [1.165, 1.54) is 0 Å². The zero-order valence-corrected chi connectivity index (χ0v) is 12.3. The number of hydrogen-bond donors (Lipinski definition) is 2. The van der Waals surface area contributed by atoms with Crippen molar-refractivity contribution in [2.75, 3.05) is 0 Å². The Morgan fingerprint density at radius 1 is 1.18 bits per heavy atom. The summed E-state index contributed by atoms with van der Waals surface area (Å²) >= 11 is 0. The zero-order valence-electron chi connectivity index (χ0n) is 12.3. The van der Waals surface area contributed by atoms with Gasteiger partial charge in [-0.05, 0) is 19.1 Å². The van der Waals surface area contributed by atoms with Gasteiger partial charge in [0.2, 0.25) is 0 Å². The van der Waals surface area contributed by atoms with Crippen LogP contribution in [0.1, 0.15) is 17.3 Å². The molecule has 0 bridgehead atoms. The normalized spacial score (nSPS) is 10.8. The molecule has 0 aliphatic heterocycles. The highest BCUT2D eigenvalue weighted by Crippen LogP contribution is 2.02. The summed E-state index contributed by atoms with van der Waals surface area (Å²) in [6, 6.07) is 3.40. The minimum Gasteiger partial charge on any atom is -0.337 e. The zero-order chi connectivity index (χ0) is 15.5. The van der Waals surface area contributed by atoms with E-state index in [-0.39, 0.29) is 12.6 Å². The lowest BCUT2D eigenvalue weighted by molar-refractivity contribution is 0.239. The summed E-state index contributed by atoms with van der Waals surface area (Å²) in [5.41, 5.74) is 1.50. The number of amides is 2. The third-order valence-electron chi connectivity index (χ3n) is 3.20. The van der Waals surface area contributed by atoms with E-state index in [1.54, 1.807) is 10.7 Å². The maximum Gasteiger partial charge on any atom is 0.315 e. The molecule has 0 aromatic carbocycles. The van der Waals surface area contributed by atoms with Gasteiger partial charge >= 0.3 is 6.03 Å². The molecule has 0 aliphatic carbocycles. The molecule has 114 valence electrons. The van der Waals surface area contributed by atoms with Gasteiger partial charge in [-0.1, -0.05) is 0 Å². The van der Waals surface area contributed by atoms with Gasteiger partial charge in [0.25, 0.3) is 0 Å². The summed E-state index contributed by atoms with van der Waals surface area (Å²) in [4.78, 5) is 15.9. The number of imidazole rings is 1. The summed E-state index contributed by atoms with van der Waals surface area (Å²) in [7, 11) is 1.87. The number of rotatable bonds is 4. The van der Waals surface area contributed by atoms with Gasteiger partial charge in [-0.25, -0.2) is 9.78 Å². The van der Waals surface area contributed by atoms with Crippen molar-refractivity contribution in [2.45, 2.75) is 20.0 Å². The second-order valence-corrected chi connectivity index (χ2v) is 4.85. The predicted molar refractivity (Wildman–Crippen MR) is 77.8 cm³/mol. The molecule has 0 saturated carbocycles. The van der Waals surface area contributed by atoms with Gasteiger partial charge in [-0.15, -0.1) is 10.2 Å². The summed E-state index contributed by atoms with van der Waals surface area (Å²) < 4.78 is 3.47. The van der Waals surface area contributed by atoms with Crippen molar-refractivity contribution in [2.24, 2.45) is 7.05 Å². The van der Waals surface area contributed by atoms with E-state index in [9.17, 15) is 4.79 Å². The van der Waals surface area contributed by atoms with Crippen molar-refractivity contribution in [1.29, 1.82) is 0 Å². The van der Waals surface area contributed by atoms with Crippen LogP contribution in [0.15, 0.2) is 24.5 Å². The molecule has 9 nitrogen and oxygen atoms in total. The Kier molecular flexibility index (Phi) is 3.69. The number of carbonyl (C=O) groups excluding carboxylic acids is 1. The number of hydrogen-bond acceptors (Lipinski definition) is 5. The Labute approximate surface area is 126 Å². The van der Waals surface area contributed by atoms with E-state index >= 15 is 0 Å². The molecule has 3 rings (SSSR count). The van der Waals surface area contributed by atoms with Crippen LogP contribution in [0.5, 0.6) is 0 Å². The van der Waals surface area contributed by atoms with E-state index in [0.29, 0.717) is 18.0 Å². The third kappa shape index (κ3) is 2.87. The summed E-state index contributed by atoms with van der Waals surface area (Å²) in [5, 5.41) is 17.8. The molecule has 3 aromatic heterocycles. The van der Waals surface area contributed by atoms with Crippen molar-refractivity contribution >= 4 is 11.7 Å².